The van der Waals surface area contributed by atoms with Gasteiger partial charge in [0.2, 0.25) is 0 Å². The third-order valence-corrected chi connectivity index (χ3v) is 6.86. The van der Waals surface area contributed by atoms with Gasteiger partial charge >= 0.3 is 23.9 Å². The van der Waals surface area contributed by atoms with E-state index in [1.807, 2.05) is 0 Å². The maximum absolute atomic E-state index is 12.7. The number of methoxy groups -OCH3 is 1. The van der Waals surface area contributed by atoms with Crippen LogP contribution >= 0.6 is 0 Å². The first-order valence-electron chi connectivity index (χ1n) is 14.0. The molecule has 3 rings (SSSR count). The molecule has 0 radical (unpaired) electrons. The van der Waals surface area contributed by atoms with E-state index in [-0.39, 0.29) is 28.9 Å². The van der Waals surface area contributed by atoms with Gasteiger partial charge in [0, 0.05) is 11.6 Å². The molecule has 0 aliphatic heterocycles. The van der Waals surface area contributed by atoms with Gasteiger partial charge in [-0.15, -0.1) is 0 Å². The summed E-state index contributed by atoms with van der Waals surface area (Å²) in [5, 5.41) is 0. The predicted octanol–water partition coefficient (Wildman–Crippen LogP) is 5.28. The van der Waals surface area contributed by atoms with Gasteiger partial charge in [0.15, 0.2) is 6.29 Å². The van der Waals surface area contributed by atoms with Crippen LogP contribution in [0.1, 0.15) is 82.4 Å². The molecular formula is C32H36O10. The zero-order chi connectivity index (χ0) is 30.3. The first-order valence-corrected chi connectivity index (χ1v) is 14.0. The molecule has 2 aromatic carbocycles. The highest BCUT2D eigenvalue weighted by molar-refractivity contribution is 5.98. The van der Waals surface area contributed by atoms with E-state index in [1.165, 1.54) is 25.3 Å². The smallest absolute Gasteiger partial charge is 0.338 e. The van der Waals surface area contributed by atoms with Gasteiger partial charge in [-0.1, -0.05) is 6.58 Å². The number of hydrogen-bond donors (Lipinski definition) is 0. The van der Waals surface area contributed by atoms with Gasteiger partial charge in [0.05, 0.1) is 37.4 Å². The van der Waals surface area contributed by atoms with E-state index in [1.54, 1.807) is 24.3 Å². The molecule has 1 saturated carbocycles. The van der Waals surface area contributed by atoms with Crippen LogP contribution in [0.4, 0.5) is 0 Å². The van der Waals surface area contributed by atoms with Gasteiger partial charge in [-0.05, 0) is 93.8 Å². The third-order valence-electron chi connectivity index (χ3n) is 6.86. The molecule has 10 nitrogen and oxygen atoms in total. The summed E-state index contributed by atoms with van der Waals surface area (Å²) in [5.41, 5.74) is 0.574. The first kappa shape index (κ1) is 32.0. The van der Waals surface area contributed by atoms with E-state index in [9.17, 15) is 24.0 Å². The molecule has 0 aromatic heterocycles. The van der Waals surface area contributed by atoms with E-state index in [4.69, 9.17) is 18.9 Å². The lowest BCUT2D eigenvalue weighted by molar-refractivity contribution is -0.140. The van der Waals surface area contributed by atoms with Crippen molar-refractivity contribution in [2.24, 2.45) is 5.92 Å². The normalized spacial score (nSPS) is 16.0. The number of ether oxygens (including phenoxy) is 5. The minimum absolute atomic E-state index is 0.0693. The van der Waals surface area contributed by atoms with Crippen LogP contribution in [0.15, 0.2) is 55.1 Å². The van der Waals surface area contributed by atoms with Crippen LogP contribution in [0.5, 0.6) is 11.5 Å². The molecule has 0 spiro atoms. The highest BCUT2D eigenvalue weighted by Gasteiger charge is 2.30. The Bertz CT molecular complexity index is 1240. The Morgan fingerprint density at radius 1 is 0.857 bits per heavy atom. The zero-order valence-corrected chi connectivity index (χ0v) is 23.7. The van der Waals surface area contributed by atoms with Crippen LogP contribution < -0.4 is 9.47 Å². The average Bonchev–Trinajstić information content (AvgIpc) is 3.02. The summed E-state index contributed by atoms with van der Waals surface area (Å²) in [5.74, 6) is -1.48. The van der Waals surface area contributed by atoms with Crippen molar-refractivity contribution in [1.82, 2.24) is 0 Å². The molecule has 1 fully saturated rings. The van der Waals surface area contributed by atoms with Crippen LogP contribution in [-0.4, -0.2) is 56.6 Å². The van der Waals surface area contributed by atoms with Gasteiger partial charge in [0.25, 0.3) is 0 Å². The van der Waals surface area contributed by atoms with Crippen LogP contribution in [0.2, 0.25) is 0 Å². The minimum Gasteiger partial charge on any atom is -0.494 e. The Morgan fingerprint density at radius 2 is 1.52 bits per heavy atom. The largest absolute Gasteiger partial charge is 0.494 e. The number of unbranched alkanes of at least 4 members (excludes halogenated alkanes) is 3. The van der Waals surface area contributed by atoms with Gasteiger partial charge in [-0.2, -0.15) is 0 Å². The molecule has 1 aliphatic carbocycles. The summed E-state index contributed by atoms with van der Waals surface area (Å²) in [6.45, 7) is 4.28. The van der Waals surface area contributed by atoms with Crippen LogP contribution in [0.3, 0.4) is 0 Å². The number of carbonyl (C=O) groups excluding carboxylic acids is 5. The minimum atomic E-state index is -0.655. The lowest BCUT2D eigenvalue weighted by Gasteiger charge is -2.27. The van der Waals surface area contributed by atoms with Crippen LogP contribution in [0.25, 0.3) is 0 Å². The molecular weight excluding hydrogens is 544 g/mol. The van der Waals surface area contributed by atoms with Gasteiger partial charge in [-0.25, -0.2) is 14.4 Å². The quantitative estimate of drug-likeness (QED) is 0.0685. The second-order valence-electron chi connectivity index (χ2n) is 9.82. The van der Waals surface area contributed by atoms with E-state index in [2.05, 4.69) is 11.3 Å². The van der Waals surface area contributed by atoms with Gasteiger partial charge in [-0.3, -0.25) is 9.59 Å². The average molecular weight is 581 g/mol. The van der Waals surface area contributed by atoms with E-state index < -0.39 is 23.9 Å². The number of esters is 4. The van der Waals surface area contributed by atoms with Crippen molar-refractivity contribution in [2.75, 3.05) is 20.3 Å². The summed E-state index contributed by atoms with van der Waals surface area (Å²) >= 11 is 0. The molecule has 0 heterocycles. The number of aldehydes is 1. The molecule has 0 bridgehead atoms. The van der Waals surface area contributed by atoms with Crippen molar-refractivity contribution in [3.63, 3.8) is 0 Å². The number of hydrogen-bond acceptors (Lipinski definition) is 10. The fourth-order valence-corrected chi connectivity index (χ4v) is 4.50. The molecule has 1 aliphatic rings. The number of benzene rings is 2. The Hall–Kier alpha value is -4.47. The van der Waals surface area contributed by atoms with Gasteiger partial charge < -0.3 is 23.7 Å². The summed E-state index contributed by atoms with van der Waals surface area (Å²) in [7, 11) is 1.21. The third kappa shape index (κ3) is 9.87. The van der Waals surface area contributed by atoms with Gasteiger partial charge in [0.1, 0.15) is 17.6 Å². The molecule has 0 atom stereocenters. The first-order chi connectivity index (χ1) is 20.3. The van der Waals surface area contributed by atoms with Crippen molar-refractivity contribution in [1.29, 1.82) is 0 Å². The molecule has 0 N–H and O–H groups in total. The maximum atomic E-state index is 12.7. The number of rotatable bonds is 15. The van der Waals surface area contributed by atoms with E-state index in [0.29, 0.717) is 56.5 Å². The lowest BCUT2D eigenvalue weighted by Crippen LogP contribution is -2.30. The van der Waals surface area contributed by atoms with E-state index >= 15 is 0 Å². The second kappa shape index (κ2) is 16.7. The standard InChI is InChI=1S/C32H36O10/c1-3-29(34)40-19-7-5-4-6-18-39-25-12-8-22(9-13-25)30(35)41-26-14-10-23(11-15-26)31(36)42-27-16-17-28(32(37)38-2)24(20-27)21-33/h3,8-9,12-13,16-17,20-21,23,26H,1,4-7,10-11,14-15,18-19H2,2H3/t23-,26-. The Balaban J connectivity index is 1.35. The zero-order valence-electron chi connectivity index (χ0n) is 23.7. The SMILES string of the molecule is C=CC(=O)OCCCCCCOc1ccc(C(=O)O[C@H]2CC[C@H](C(=O)Oc3ccc(C(=O)OC)c(C=O)c3)CC2)cc1. The molecule has 42 heavy (non-hydrogen) atoms. The number of carbonyl (C=O) groups is 5. The molecule has 224 valence electrons. The molecule has 10 heteroatoms. The molecule has 2 aromatic rings. The van der Waals surface area contributed by atoms with Crippen LogP contribution in [0, 0.1) is 5.92 Å². The topological polar surface area (TPSA) is 132 Å². The molecule has 0 amide bonds. The van der Waals surface area contributed by atoms with Crippen molar-refractivity contribution in [2.45, 2.75) is 57.5 Å². The maximum Gasteiger partial charge on any atom is 0.338 e. The highest BCUT2D eigenvalue weighted by atomic mass is 16.5. The Morgan fingerprint density at radius 3 is 2.17 bits per heavy atom. The highest BCUT2D eigenvalue weighted by Crippen LogP contribution is 2.29. The van der Waals surface area contributed by atoms with Crippen molar-refractivity contribution in [3.05, 3.63) is 71.8 Å². The van der Waals surface area contributed by atoms with Crippen molar-refractivity contribution in [3.8, 4) is 11.5 Å². The molecule has 0 unspecified atom stereocenters. The summed E-state index contributed by atoms with van der Waals surface area (Å²) in [6, 6.07) is 10.9. The Labute approximate surface area is 244 Å². The summed E-state index contributed by atoms with van der Waals surface area (Å²) in [6.07, 6.45) is 6.88. The summed E-state index contributed by atoms with van der Waals surface area (Å²) < 4.78 is 26.4. The summed E-state index contributed by atoms with van der Waals surface area (Å²) in [4.78, 5) is 59.4. The lowest BCUT2D eigenvalue weighted by atomic mass is 9.87. The molecule has 0 saturated heterocycles. The van der Waals surface area contributed by atoms with E-state index in [0.717, 1.165) is 31.8 Å². The van der Waals surface area contributed by atoms with Crippen molar-refractivity contribution >= 4 is 30.2 Å². The Kier molecular flexibility index (Phi) is 12.8. The fraction of sp³-hybridized carbons (Fsp3) is 0.406. The van der Waals surface area contributed by atoms with Crippen LogP contribution in [-0.2, 0) is 23.8 Å². The second-order valence-corrected chi connectivity index (χ2v) is 9.82. The van der Waals surface area contributed by atoms with Crippen molar-refractivity contribution < 1.29 is 47.7 Å². The monoisotopic (exact) mass is 580 g/mol. The fourth-order valence-electron chi connectivity index (χ4n) is 4.50. The predicted molar refractivity (Wildman–Crippen MR) is 152 cm³/mol.